The monoisotopic (exact) mass is 263 g/mol. The molecule has 1 fully saturated rings. The van der Waals surface area contributed by atoms with Gasteiger partial charge in [-0.2, -0.15) is 0 Å². The molecule has 3 atom stereocenters. The fourth-order valence-electron chi connectivity index (χ4n) is 2.59. The summed E-state index contributed by atoms with van der Waals surface area (Å²) in [6.45, 7) is 10.4. The Morgan fingerprint density at radius 3 is 2.63 bits per heavy atom. The van der Waals surface area contributed by atoms with Crippen LogP contribution in [-0.4, -0.2) is 28.1 Å². The van der Waals surface area contributed by atoms with Gasteiger partial charge in [-0.15, -0.1) is 0 Å². The molecule has 0 amide bonds. The first kappa shape index (κ1) is 14.2. The average molecular weight is 263 g/mol. The number of hydrogen-bond donors (Lipinski definition) is 3. The highest BCUT2D eigenvalue weighted by molar-refractivity contribution is 5.46. The summed E-state index contributed by atoms with van der Waals surface area (Å²) in [5.41, 5.74) is 8.80. The van der Waals surface area contributed by atoms with Crippen molar-refractivity contribution in [1.29, 1.82) is 0 Å². The Morgan fingerprint density at radius 2 is 2.00 bits per heavy atom. The first-order valence-corrected chi connectivity index (χ1v) is 7.05. The summed E-state index contributed by atoms with van der Waals surface area (Å²) in [7, 11) is 0. The molecule has 0 bridgehead atoms. The molecule has 1 aliphatic rings. The third-order valence-electron chi connectivity index (χ3n) is 3.69. The van der Waals surface area contributed by atoms with E-state index >= 15 is 0 Å². The van der Waals surface area contributed by atoms with Gasteiger partial charge in [0.25, 0.3) is 0 Å². The van der Waals surface area contributed by atoms with Gasteiger partial charge in [0, 0.05) is 29.4 Å². The van der Waals surface area contributed by atoms with Crippen molar-refractivity contribution in [1.82, 2.24) is 20.8 Å². The van der Waals surface area contributed by atoms with Crippen LogP contribution in [0.2, 0.25) is 0 Å². The minimum atomic E-state index is 0.386. The van der Waals surface area contributed by atoms with Crippen LogP contribution in [0.5, 0.6) is 0 Å². The van der Waals surface area contributed by atoms with Gasteiger partial charge in [0.15, 0.2) is 0 Å². The standard InChI is InChI=1S/C14H25N5/c1-8(6-13-7-9(2)18-19-13)15-14-10(3)11(4)16-12(5)17-14/h8-9,13,18-19H,6-7H2,1-5H3,(H,15,16,17). The van der Waals surface area contributed by atoms with Crippen LogP contribution in [0.25, 0.3) is 0 Å². The normalized spacial score (nSPS) is 24.5. The van der Waals surface area contributed by atoms with Crippen molar-refractivity contribution in [3.8, 4) is 0 Å². The van der Waals surface area contributed by atoms with E-state index in [1.807, 2.05) is 13.8 Å². The Kier molecular flexibility index (Phi) is 4.37. The van der Waals surface area contributed by atoms with E-state index in [4.69, 9.17) is 0 Å². The molecule has 19 heavy (non-hydrogen) atoms. The lowest BCUT2D eigenvalue weighted by Gasteiger charge is -2.20. The Hall–Kier alpha value is -1.20. The predicted molar refractivity (Wildman–Crippen MR) is 78.1 cm³/mol. The summed E-state index contributed by atoms with van der Waals surface area (Å²) < 4.78 is 0. The molecular weight excluding hydrogens is 238 g/mol. The largest absolute Gasteiger partial charge is 0.367 e. The van der Waals surface area contributed by atoms with Gasteiger partial charge in [-0.25, -0.2) is 9.97 Å². The molecule has 3 unspecified atom stereocenters. The van der Waals surface area contributed by atoms with Crippen LogP contribution >= 0.6 is 0 Å². The highest BCUT2D eigenvalue weighted by atomic mass is 15.4. The number of rotatable bonds is 4. The molecule has 1 aromatic heterocycles. The van der Waals surface area contributed by atoms with Gasteiger partial charge in [0.1, 0.15) is 11.6 Å². The molecular formula is C14H25N5. The molecule has 0 aliphatic carbocycles. The van der Waals surface area contributed by atoms with Gasteiger partial charge < -0.3 is 5.32 Å². The fraction of sp³-hybridized carbons (Fsp3) is 0.714. The van der Waals surface area contributed by atoms with E-state index in [9.17, 15) is 0 Å². The molecule has 5 nitrogen and oxygen atoms in total. The number of anilines is 1. The molecule has 5 heteroatoms. The van der Waals surface area contributed by atoms with Crippen LogP contribution in [0.3, 0.4) is 0 Å². The second-order valence-corrected chi connectivity index (χ2v) is 5.73. The first-order chi connectivity index (χ1) is 8.95. The van der Waals surface area contributed by atoms with Gasteiger partial charge in [-0.3, -0.25) is 10.9 Å². The van der Waals surface area contributed by atoms with E-state index in [2.05, 4.69) is 46.9 Å². The Morgan fingerprint density at radius 1 is 1.26 bits per heavy atom. The fourth-order valence-corrected chi connectivity index (χ4v) is 2.59. The van der Waals surface area contributed by atoms with E-state index in [-0.39, 0.29) is 0 Å². The quantitative estimate of drug-likeness (QED) is 0.774. The molecule has 0 radical (unpaired) electrons. The van der Waals surface area contributed by atoms with Crippen LogP contribution < -0.4 is 16.2 Å². The second-order valence-electron chi connectivity index (χ2n) is 5.73. The zero-order chi connectivity index (χ0) is 14.0. The molecule has 2 heterocycles. The van der Waals surface area contributed by atoms with Crippen molar-refractivity contribution in [2.45, 2.75) is 65.6 Å². The third kappa shape index (κ3) is 3.64. The molecule has 0 saturated carbocycles. The van der Waals surface area contributed by atoms with Gasteiger partial charge in [-0.1, -0.05) is 0 Å². The number of aromatic nitrogens is 2. The van der Waals surface area contributed by atoms with Gasteiger partial charge in [0.05, 0.1) is 0 Å². The van der Waals surface area contributed by atoms with E-state index in [0.29, 0.717) is 18.1 Å². The van der Waals surface area contributed by atoms with Crippen molar-refractivity contribution in [2.75, 3.05) is 5.32 Å². The zero-order valence-corrected chi connectivity index (χ0v) is 12.5. The number of hydrazine groups is 1. The maximum absolute atomic E-state index is 4.50. The summed E-state index contributed by atoms with van der Waals surface area (Å²) in [6.07, 6.45) is 2.26. The first-order valence-electron chi connectivity index (χ1n) is 7.05. The average Bonchev–Trinajstić information content (AvgIpc) is 2.70. The van der Waals surface area contributed by atoms with Crippen LogP contribution in [0, 0.1) is 20.8 Å². The van der Waals surface area contributed by atoms with Crippen molar-refractivity contribution < 1.29 is 0 Å². The highest BCUT2D eigenvalue weighted by Gasteiger charge is 2.22. The summed E-state index contributed by atoms with van der Waals surface area (Å²) in [6, 6.07) is 1.47. The SMILES string of the molecule is Cc1nc(C)c(C)c(NC(C)CC2CC(C)NN2)n1. The zero-order valence-electron chi connectivity index (χ0n) is 12.5. The summed E-state index contributed by atoms with van der Waals surface area (Å²) >= 11 is 0. The van der Waals surface area contributed by atoms with E-state index in [1.165, 1.54) is 6.42 Å². The molecule has 1 aromatic rings. The van der Waals surface area contributed by atoms with Crippen molar-refractivity contribution in [3.05, 3.63) is 17.1 Å². The van der Waals surface area contributed by atoms with Gasteiger partial charge >= 0.3 is 0 Å². The van der Waals surface area contributed by atoms with Crippen LogP contribution in [0.4, 0.5) is 5.82 Å². The van der Waals surface area contributed by atoms with Crippen LogP contribution in [-0.2, 0) is 0 Å². The van der Waals surface area contributed by atoms with E-state index in [1.54, 1.807) is 0 Å². The van der Waals surface area contributed by atoms with Gasteiger partial charge in [-0.05, 0) is 47.5 Å². The van der Waals surface area contributed by atoms with E-state index < -0.39 is 0 Å². The summed E-state index contributed by atoms with van der Waals surface area (Å²) in [4.78, 5) is 8.89. The Labute approximate surface area is 115 Å². The lowest BCUT2D eigenvalue weighted by Crippen LogP contribution is -2.35. The Bertz CT molecular complexity index is 446. The molecule has 1 aliphatic heterocycles. The molecule has 2 rings (SSSR count). The molecule has 0 spiro atoms. The Balaban J connectivity index is 1.97. The number of nitrogens with one attached hydrogen (secondary N) is 3. The minimum absolute atomic E-state index is 0.386. The molecule has 106 valence electrons. The smallest absolute Gasteiger partial charge is 0.133 e. The molecule has 1 saturated heterocycles. The second kappa shape index (κ2) is 5.84. The van der Waals surface area contributed by atoms with Gasteiger partial charge in [0.2, 0.25) is 0 Å². The number of aryl methyl sites for hydroxylation is 2. The van der Waals surface area contributed by atoms with Crippen LogP contribution in [0.15, 0.2) is 0 Å². The van der Waals surface area contributed by atoms with E-state index in [0.717, 1.165) is 29.3 Å². The molecule has 3 N–H and O–H groups in total. The maximum Gasteiger partial charge on any atom is 0.133 e. The minimum Gasteiger partial charge on any atom is -0.367 e. The summed E-state index contributed by atoms with van der Waals surface area (Å²) in [5, 5.41) is 3.51. The third-order valence-corrected chi connectivity index (χ3v) is 3.69. The molecule has 0 aromatic carbocycles. The maximum atomic E-state index is 4.50. The summed E-state index contributed by atoms with van der Waals surface area (Å²) in [5.74, 6) is 1.79. The number of nitrogens with zero attached hydrogens (tertiary/aromatic N) is 2. The van der Waals surface area contributed by atoms with Crippen LogP contribution in [0.1, 0.15) is 43.8 Å². The lowest BCUT2D eigenvalue weighted by molar-refractivity contribution is 0.493. The highest BCUT2D eigenvalue weighted by Crippen LogP contribution is 2.18. The van der Waals surface area contributed by atoms with Crippen molar-refractivity contribution in [2.24, 2.45) is 0 Å². The van der Waals surface area contributed by atoms with Crippen molar-refractivity contribution >= 4 is 5.82 Å². The predicted octanol–water partition coefficient (Wildman–Crippen LogP) is 1.85. The topological polar surface area (TPSA) is 61.9 Å². The van der Waals surface area contributed by atoms with Crippen molar-refractivity contribution in [3.63, 3.8) is 0 Å². The lowest BCUT2D eigenvalue weighted by atomic mass is 10.0. The number of hydrogen-bond acceptors (Lipinski definition) is 5.